The third-order valence-electron chi connectivity index (χ3n) is 3.89. The molecule has 2 fully saturated rings. The molecule has 4 nitrogen and oxygen atoms in total. The van der Waals surface area contributed by atoms with Gasteiger partial charge >= 0.3 is 0 Å². The molecule has 4 heteroatoms. The summed E-state index contributed by atoms with van der Waals surface area (Å²) in [4.78, 5) is 13.5. The Labute approximate surface area is 104 Å². The summed E-state index contributed by atoms with van der Waals surface area (Å²) < 4.78 is 0. The molecule has 2 aliphatic heterocycles. The molecule has 0 spiro atoms. The fourth-order valence-electron chi connectivity index (χ4n) is 2.95. The number of carbonyl (C=O) groups is 1. The standard InChI is InChI=1S/C13H25N3O/c1-11(17)15-13-6-9-16(10-13)8-5-12-4-2-3-7-14-12/h12-14H,2-10H2,1H3,(H,15,17). The molecular weight excluding hydrogens is 214 g/mol. The maximum absolute atomic E-state index is 11.0. The fraction of sp³-hybridized carbons (Fsp3) is 0.923. The van der Waals surface area contributed by atoms with Gasteiger partial charge < -0.3 is 15.5 Å². The third kappa shape index (κ3) is 4.28. The minimum atomic E-state index is 0.103. The minimum absolute atomic E-state index is 0.103. The maximum atomic E-state index is 11.0. The zero-order valence-electron chi connectivity index (χ0n) is 10.9. The molecule has 17 heavy (non-hydrogen) atoms. The van der Waals surface area contributed by atoms with E-state index in [2.05, 4.69) is 15.5 Å². The average molecular weight is 239 g/mol. The van der Waals surface area contributed by atoms with Crippen LogP contribution in [-0.4, -0.2) is 49.1 Å². The molecule has 2 aliphatic rings. The van der Waals surface area contributed by atoms with Gasteiger partial charge in [0.05, 0.1) is 0 Å². The first-order valence-electron chi connectivity index (χ1n) is 6.97. The van der Waals surface area contributed by atoms with Crippen molar-refractivity contribution in [2.24, 2.45) is 0 Å². The second-order valence-corrected chi connectivity index (χ2v) is 5.42. The Balaban J connectivity index is 1.62. The van der Waals surface area contributed by atoms with E-state index < -0.39 is 0 Å². The van der Waals surface area contributed by atoms with Crippen molar-refractivity contribution in [3.8, 4) is 0 Å². The summed E-state index contributed by atoms with van der Waals surface area (Å²) in [5.74, 6) is 0.103. The van der Waals surface area contributed by atoms with Gasteiger partial charge in [0.2, 0.25) is 5.91 Å². The third-order valence-corrected chi connectivity index (χ3v) is 3.89. The van der Waals surface area contributed by atoms with E-state index in [1.807, 2.05) is 0 Å². The van der Waals surface area contributed by atoms with Crippen molar-refractivity contribution >= 4 is 5.91 Å². The van der Waals surface area contributed by atoms with Crippen molar-refractivity contribution in [3.63, 3.8) is 0 Å². The quantitative estimate of drug-likeness (QED) is 0.760. The van der Waals surface area contributed by atoms with Gasteiger partial charge in [-0.2, -0.15) is 0 Å². The van der Waals surface area contributed by atoms with Crippen molar-refractivity contribution < 1.29 is 4.79 Å². The molecule has 0 bridgehead atoms. The normalized spacial score (nSPS) is 30.4. The summed E-state index contributed by atoms with van der Waals surface area (Å²) in [6, 6.07) is 1.11. The van der Waals surface area contributed by atoms with Crippen LogP contribution >= 0.6 is 0 Å². The lowest BCUT2D eigenvalue weighted by molar-refractivity contribution is -0.119. The zero-order valence-corrected chi connectivity index (χ0v) is 10.9. The molecule has 2 rings (SSSR count). The predicted molar refractivity (Wildman–Crippen MR) is 68.9 cm³/mol. The molecule has 2 unspecified atom stereocenters. The summed E-state index contributed by atoms with van der Waals surface area (Å²) >= 11 is 0. The first-order chi connectivity index (χ1) is 8.24. The summed E-state index contributed by atoms with van der Waals surface area (Å²) in [6.07, 6.45) is 6.42. The van der Waals surface area contributed by atoms with Crippen molar-refractivity contribution in [1.82, 2.24) is 15.5 Å². The second kappa shape index (κ2) is 6.36. The predicted octanol–water partition coefficient (Wildman–Crippen LogP) is 0.729. The summed E-state index contributed by atoms with van der Waals surface area (Å²) in [7, 11) is 0. The van der Waals surface area contributed by atoms with Crippen LogP contribution in [-0.2, 0) is 4.79 Å². The highest BCUT2D eigenvalue weighted by atomic mass is 16.1. The Kier molecular flexibility index (Phi) is 4.80. The van der Waals surface area contributed by atoms with Crippen LogP contribution in [0.25, 0.3) is 0 Å². The number of hydrogen-bond acceptors (Lipinski definition) is 3. The van der Waals surface area contributed by atoms with Crippen molar-refractivity contribution in [3.05, 3.63) is 0 Å². The molecule has 2 N–H and O–H groups in total. The summed E-state index contributed by atoms with van der Waals surface area (Å²) in [6.45, 7) is 6.14. The van der Waals surface area contributed by atoms with Gasteiger partial charge in [0, 0.05) is 32.1 Å². The van der Waals surface area contributed by atoms with Gasteiger partial charge in [-0.05, 0) is 38.8 Å². The van der Waals surface area contributed by atoms with Crippen LogP contribution in [0, 0.1) is 0 Å². The molecule has 2 atom stereocenters. The SMILES string of the molecule is CC(=O)NC1CCN(CCC2CCCCN2)C1. The summed E-state index contributed by atoms with van der Waals surface area (Å²) in [5.41, 5.74) is 0. The van der Waals surface area contributed by atoms with Crippen LogP contribution in [0.3, 0.4) is 0 Å². The first-order valence-corrected chi connectivity index (χ1v) is 6.97. The van der Waals surface area contributed by atoms with Crippen molar-refractivity contribution in [2.75, 3.05) is 26.2 Å². The van der Waals surface area contributed by atoms with Gasteiger partial charge in [0.1, 0.15) is 0 Å². The van der Waals surface area contributed by atoms with Gasteiger partial charge in [-0.15, -0.1) is 0 Å². The van der Waals surface area contributed by atoms with Crippen molar-refractivity contribution in [1.29, 1.82) is 0 Å². The second-order valence-electron chi connectivity index (χ2n) is 5.42. The molecule has 0 saturated carbocycles. The number of hydrogen-bond donors (Lipinski definition) is 2. The van der Waals surface area contributed by atoms with Crippen LogP contribution in [0.1, 0.15) is 39.0 Å². The number of piperidine rings is 1. The van der Waals surface area contributed by atoms with Crippen LogP contribution in [0.5, 0.6) is 0 Å². The largest absolute Gasteiger partial charge is 0.352 e. The van der Waals surface area contributed by atoms with Gasteiger partial charge in [-0.3, -0.25) is 4.79 Å². The van der Waals surface area contributed by atoms with Gasteiger partial charge in [0.25, 0.3) is 0 Å². The van der Waals surface area contributed by atoms with Crippen LogP contribution < -0.4 is 10.6 Å². The van der Waals surface area contributed by atoms with E-state index >= 15 is 0 Å². The number of rotatable bonds is 4. The topological polar surface area (TPSA) is 44.4 Å². The van der Waals surface area contributed by atoms with E-state index in [9.17, 15) is 4.79 Å². The van der Waals surface area contributed by atoms with E-state index in [1.54, 1.807) is 6.92 Å². The molecule has 0 aromatic heterocycles. The number of nitrogens with one attached hydrogen (secondary N) is 2. The van der Waals surface area contributed by atoms with E-state index in [0.717, 1.165) is 25.6 Å². The highest BCUT2D eigenvalue weighted by Gasteiger charge is 2.23. The average Bonchev–Trinajstić information content (AvgIpc) is 2.75. The molecule has 0 radical (unpaired) electrons. The lowest BCUT2D eigenvalue weighted by Gasteiger charge is -2.25. The van der Waals surface area contributed by atoms with Crippen LogP contribution in [0.15, 0.2) is 0 Å². The van der Waals surface area contributed by atoms with E-state index in [1.165, 1.54) is 38.8 Å². The molecule has 0 aliphatic carbocycles. The lowest BCUT2D eigenvalue weighted by atomic mass is 10.0. The number of amides is 1. The molecule has 98 valence electrons. The Bertz CT molecular complexity index is 251. The number of likely N-dealkylation sites (tertiary alicyclic amines) is 1. The highest BCUT2D eigenvalue weighted by molar-refractivity contribution is 5.73. The van der Waals surface area contributed by atoms with Crippen molar-refractivity contribution in [2.45, 2.75) is 51.1 Å². The van der Waals surface area contributed by atoms with E-state index in [0.29, 0.717) is 6.04 Å². The monoisotopic (exact) mass is 239 g/mol. The highest BCUT2D eigenvalue weighted by Crippen LogP contribution is 2.14. The first kappa shape index (κ1) is 12.8. The van der Waals surface area contributed by atoms with Crippen LogP contribution in [0.4, 0.5) is 0 Å². The Hall–Kier alpha value is -0.610. The zero-order chi connectivity index (χ0) is 12.1. The fourth-order valence-corrected chi connectivity index (χ4v) is 2.95. The summed E-state index contributed by atoms with van der Waals surface area (Å²) in [5, 5.41) is 6.60. The molecule has 0 aromatic rings. The minimum Gasteiger partial charge on any atom is -0.352 e. The van der Waals surface area contributed by atoms with E-state index in [-0.39, 0.29) is 5.91 Å². The molecule has 0 aromatic carbocycles. The van der Waals surface area contributed by atoms with Gasteiger partial charge in [-0.25, -0.2) is 0 Å². The van der Waals surface area contributed by atoms with Gasteiger partial charge in [-0.1, -0.05) is 6.42 Å². The Morgan fingerprint density at radius 3 is 3.00 bits per heavy atom. The molecule has 2 saturated heterocycles. The number of carbonyl (C=O) groups excluding carboxylic acids is 1. The molecule has 1 amide bonds. The Morgan fingerprint density at radius 1 is 1.41 bits per heavy atom. The number of nitrogens with zero attached hydrogens (tertiary/aromatic N) is 1. The smallest absolute Gasteiger partial charge is 0.217 e. The maximum Gasteiger partial charge on any atom is 0.217 e. The molecular formula is C13H25N3O. The lowest BCUT2D eigenvalue weighted by Crippen LogP contribution is -2.38. The van der Waals surface area contributed by atoms with Crippen LogP contribution in [0.2, 0.25) is 0 Å². The molecule has 2 heterocycles. The Morgan fingerprint density at radius 2 is 2.29 bits per heavy atom. The van der Waals surface area contributed by atoms with Gasteiger partial charge in [0.15, 0.2) is 0 Å². The van der Waals surface area contributed by atoms with E-state index in [4.69, 9.17) is 0 Å².